The van der Waals surface area contributed by atoms with Gasteiger partial charge in [0.1, 0.15) is 0 Å². The van der Waals surface area contributed by atoms with Gasteiger partial charge in [-0.2, -0.15) is 0 Å². The molecule has 2 fully saturated rings. The van der Waals surface area contributed by atoms with Crippen LogP contribution in [-0.4, -0.2) is 42.0 Å². The summed E-state index contributed by atoms with van der Waals surface area (Å²) in [6.45, 7) is 4.81. The summed E-state index contributed by atoms with van der Waals surface area (Å²) in [4.78, 5) is 4.81. The van der Waals surface area contributed by atoms with Crippen LogP contribution in [0.5, 0.6) is 0 Å². The van der Waals surface area contributed by atoms with Gasteiger partial charge in [-0.1, -0.05) is 6.42 Å². The topological polar surface area (TPSA) is 6.48 Å². The van der Waals surface area contributed by atoms with Gasteiger partial charge in [0.05, 0.1) is 0 Å². The molecule has 0 N–H and O–H groups in total. The van der Waals surface area contributed by atoms with Gasteiger partial charge in [-0.25, -0.2) is 0 Å². The van der Waals surface area contributed by atoms with Crippen LogP contribution in [0.1, 0.15) is 19.3 Å². The minimum absolute atomic E-state index is 0.934. The zero-order valence-corrected chi connectivity index (χ0v) is 7.13. The third-order valence-corrected chi connectivity index (χ3v) is 3.00. The van der Waals surface area contributed by atoms with E-state index >= 15 is 0 Å². The third-order valence-electron chi connectivity index (χ3n) is 3.00. The summed E-state index contributed by atoms with van der Waals surface area (Å²) in [6.07, 6.45) is 4.34. The molecule has 2 nitrogen and oxygen atoms in total. The van der Waals surface area contributed by atoms with Crippen molar-refractivity contribution in [3.8, 4) is 0 Å². The molecule has 2 heteroatoms. The normalized spacial score (nSPS) is 30.3. The number of nitrogens with zero attached hydrogens (tertiary/aromatic N) is 2. The quantitative estimate of drug-likeness (QED) is 0.517. The van der Waals surface area contributed by atoms with Gasteiger partial charge in [0.15, 0.2) is 0 Å². The first-order valence-electron chi connectivity index (χ1n) is 4.66. The summed E-state index contributed by atoms with van der Waals surface area (Å²) in [5.41, 5.74) is 0. The van der Waals surface area contributed by atoms with Crippen molar-refractivity contribution in [2.45, 2.75) is 25.3 Å². The van der Waals surface area contributed by atoms with Crippen LogP contribution < -0.4 is 0 Å². The van der Waals surface area contributed by atoms with Crippen LogP contribution in [0.2, 0.25) is 0 Å². The molecule has 2 rings (SSSR count). The zero-order valence-electron chi connectivity index (χ0n) is 7.13. The van der Waals surface area contributed by atoms with Crippen LogP contribution in [0.15, 0.2) is 0 Å². The molecule has 0 aromatic carbocycles. The molecule has 64 valence electrons. The second-order valence-corrected chi connectivity index (χ2v) is 3.74. The molecule has 0 unspecified atom stereocenters. The van der Waals surface area contributed by atoms with E-state index in [4.69, 9.17) is 0 Å². The highest BCUT2D eigenvalue weighted by Gasteiger charge is 2.25. The highest BCUT2D eigenvalue weighted by atomic mass is 15.3. The Morgan fingerprint density at radius 3 is 2.09 bits per heavy atom. The Morgan fingerprint density at radius 2 is 1.64 bits per heavy atom. The van der Waals surface area contributed by atoms with E-state index < -0.39 is 0 Å². The van der Waals surface area contributed by atoms with Crippen LogP contribution in [0.3, 0.4) is 0 Å². The molecular formula is C9H17N2-. The monoisotopic (exact) mass is 153 g/mol. The molecule has 1 aliphatic heterocycles. The second-order valence-electron chi connectivity index (χ2n) is 3.74. The molecule has 11 heavy (non-hydrogen) atoms. The van der Waals surface area contributed by atoms with Gasteiger partial charge < -0.3 is 4.90 Å². The average Bonchev–Trinajstić information content (AvgIpc) is 1.90. The van der Waals surface area contributed by atoms with Crippen molar-refractivity contribution in [2.75, 3.05) is 26.2 Å². The molecule has 1 aliphatic carbocycles. The van der Waals surface area contributed by atoms with Gasteiger partial charge in [0, 0.05) is 19.1 Å². The summed E-state index contributed by atoms with van der Waals surface area (Å²) in [5, 5.41) is 0. The van der Waals surface area contributed by atoms with E-state index in [0.717, 1.165) is 19.1 Å². The first kappa shape index (κ1) is 7.56. The maximum absolute atomic E-state index is 3.94. The Morgan fingerprint density at radius 1 is 1.00 bits per heavy atom. The van der Waals surface area contributed by atoms with E-state index in [0.29, 0.717) is 0 Å². The predicted molar refractivity (Wildman–Crippen MR) is 46.1 cm³/mol. The van der Waals surface area contributed by atoms with Crippen molar-refractivity contribution in [3.05, 3.63) is 7.05 Å². The fourth-order valence-corrected chi connectivity index (χ4v) is 1.88. The number of rotatable bonds is 1. The Bertz CT molecular complexity index is 124. The Kier molecular flexibility index (Phi) is 2.14. The lowest BCUT2D eigenvalue weighted by Gasteiger charge is -2.44. The molecule has 0 spiro atoms. The molecule has 0 amide bonds. The minimum atomic E-state index is 0.934. The number of hydrogen-bond acceptors (Lipinski definition) is 2. The highest BCUT2D eigenvalue weighted by Crippen LogP contribution is 2.25. The Hall–Kier alpha value is -0.0800. The van der Waals surface area contributed by atoms with Crippen molar-refractivity contribution < 1.29 is 0 Å². The fourth-order valence-electron chi connectivity index (χ4n) is 1.88. The van der Waals surface area contributed by atoms with Crippen LogP contribution >= 0.6 is 0 Å². The van der Waals surface area contributed by atoms with Crippen molar-refractivity contribution in [1.82, 2.24) is 9.80 Å². The molecule has 0 radical (unpaired) electrons. The number of hydrogen-bond donors (Lipinski definition) is 0. The predicted octanol–water partition coefficient (Wildman–Crippen LogP) is 0.948. The minimum Gasteiger partial charge on any atom is -0.457 e. The average molecular weight is 153 g/mol. The van der Waals surface area contributed by atoms with E-state index in [1.54, 1.807) is 0 Å². The molecule has 0 aromatic rings. The Labute approximate surface area is 69.2 Å². The molecule has 1 heterocycles. The van der Waals surface area contributed by atoms with Crippen LogP contribution in [0, 0.1) is 7.05 Å². The summed E-state index contributed by atoms with van der Waals surface area (Å²) in [5.74, 6) is 0. The van der Waals surface area contributed by atoms with Gasteiger partial charge in [-0.15, -0.1) is 0 Å². The smallest absolute Gasteiger partial charge is 0.00963 e. The van der Waals surface area contributed by atoms with E-state index in [1.165, 1.54) is 32.4 Å². The highest BCUT2D eigenvalue weighted by molar-refractivity contribution is 4.83. The van der Waals surface area contributed by atoms with E-state index in [9.17, 15) is 0 Å². The lowest BCUT2D eigenvalue weighted by atomic mass is 9.91. The van der Waals surface area contributed by atoms with Gasteiger partial charge >= 0.3 is 0 Å². The molecular weight excluding hydrogens is 136 g/mol. The second kappa shape index (κ2) is 3.11. The maximum atomic E-state index is 3.94. The van der Waals surface area contributed by atoms with E-state index in [2.05, 4.69) is 16.8 Å². The van der Waals surface area contributed by atoms with Gasteiger partial charge in [0.2, 0.25) is 0 Å². The van der Waals surface area contributed by atoms with Gasteiger partial charge in [-0.3, -0.25) is 11.9 Å². The summed E-state index contributed by atoms with van der Waals surface area (Å²) < 4.78 is 0. The standard InChI is InChI=1S/C9H17N2/c1-10-5-7-11(8-6-10)9-3-2-4-9/h9H,1-8H2/q-1. The van der Waals surface area contributed by atoms with Crippen LogP contribution in [0.4, 0.5) is 0 Å². The van der Waals surface area contributed by atoms with Gasteiger partial charge in [0.25, 0.3) is 0 Å². The molecule has 0 aromatic heterocycles. The van der Waals surface area contributed by atoms with E-state index in [1.807, 2.05) is 0 Å². The first-order valence-corrected chi connectivity index (χ1v) is 4.66. The summed E-state index contributed by atoms with van der Waals surface area (Å²) in [6, 6.07) is 0.934. The maximum Gasteiger partial charge on any atom is 0.00963 e. The summed E-state index contributed by atoms with van der Waals surface area (Å²) in [7, 11) is 3.94. The van der Waals surface area contributed by atoms with Crippen molar-refractivity contribution >= 4 is 0 Å². The first-order chi connectivity index (χ1) is 5.36. The lowest BCUT2D eigenvalue weighted by Crippen LogP contribution is -2.50. The van der Waals surface area contributed by atoms with E-state index in [-0.39, 0.29) is 0 Å². The van der Waals surface area contributed by atoms with Crippen LogP contribution in [-0.2, 0) is 0 Å². The largest absolute Gasteiger partial charge is 0.457 e. The lowest BCUT2D eigenvalue weighted by molar-refractivity contribution is 0.0780. The molecule has 2 aliphatic rings. The molecule has 1 saturated heterocycles. The summed E-state index contributed by atoms with van der Waals surface area (Å²) >= 11 is 0. The SMILES string of the molecule is [CH2-]N1CCN(C2CCC2)CC1. The molecule has 0 atom stereocenters. The van der Waals surface area contributed by atoms with Crippen LogP contribution in [0.25, 0.3) is 0 Å². The third kappa shape index (κ3) is 1.57. The van der Waals surface area contributed by atoms with Crippen molar-refractivity contribution in [1.29, 1.82) is 0 Å². The molecule has 0 bridgehead atoms. The molecule has 1 saturated carbocycles. The van der Waals surface area contributed by atoms with Crippen molar-refractivity contribution in [3.63, 3.8) is 0 Å². The zero-order chi connectivity index (χ0) is 7.68. The number of piperazine rings is 1. The van der Waals surface area contributed by atoms with Crippen molar-refractivity contribution in [2.24, 2.45) is 0 Å². The Balaban J connectivity index is 1.77. The van der Waals surface area contributed by atoms with Gasteiger partial charge in [-0.05, 0) is 25.9 Å². The fraction of sp³-hybridized carbons (Fsp3) is 0.889.